The fraction of sp³-hybridized carbons (Fsp3) is 0.250. The Morgan fingerprint density at radius 1 is 1.37 bits per heavy atom. The van der Waals surface area contributed by atoms with E-state index in [1.165, 1.54) is 18.1 Å². The van der Waals surface area contributed by atoms with E-state index in [0.717, 1.165) is 11.3 Å². The van der Waals surface area contributed by atoms with Gasteiger partial charge in [-0.05, 0) is 42.5 Å². The van der Waals surface area contributed by atoms with Gasteiger partial charge < -0.3 is 15.2 Å². The lowest BCUT2D eigenvalue weighted by atomic mass is 10.1. The van der Waals surface area contributed by atoms with Crippen LogP contribution in [-0.2, 0) is 0 Å². The van der Waals surface area contributed by atoms with Gasteiger partial charge in [0.05, 0.1) is 18.8 Å². The van der Waals surface area contributed by atoms with Crippen molar-refractivity contribution in [1.29, 1.82) is 0 Å². The summed E-state index contributed by atoms with van der Waals surface area (Å²) in [6.07, 6.45) is 1.40. The monoisotopic (exact) mass is 388 g/mol. The standard InChI is InChI=1S/C16H16N6O4S/c1-8-13(16(24)25)27-15(19-8)9(2)18-14(23)10-4-5-12(26-3)11(6-10)22-7-17-20-21-22/h4-7,9H,1-3H3,(H,18,23)(H,24,25). The summed E-state index contributed by atoms with van der Waals surface area (Å²) in [5.41, 5.74) is 1.31. The zero-order chi connectivity index (χ0) is 19.6. The highest BCUT2D eigenvalue weighted by atomic mass is 32.1. The average molecular weight is 388 g/mol. The van der Waals surface area contributed by atoms with Crippen LogP contribution >= 0.6 is 11.3 Å². The number of thiazole rings is 1. The van der Waals surface area contributed by atoms with E-state index in [9.17, 15) is 9.59 Å². The quantitative estimate of drug-likeness (QED) is 0.651. The molecule has 1 unspecified atom stereocenters. The first-order valence-corrected chi connectivity index (χ1v) is 8.65. The third kappa shape index (κ3) is 3.77. The molecule has 140 valence electrons. The van der Waals surface area contributed by atoms with E-state index in [0.29, 0.717) is 27.7 Å². The Labute approximate surface area is 157 Å². The molecule has 0 aliphatic rings. The van der Waals surface area contributed by atoms with Crippen LogP contribution in [0, 0.1) is 6.92 Å². The predicted molar refractivity (Wildman–Crippen MR) is 95.4 cm³/mol. The summed E-state index contributed by atoms with van der Waals surface area (Å²) < 4.78 is 6.67. The maximum Gasteiger partial charge on any atom is 0.347 e. The Balaban J connectivity index is 1.83. The van der Waals surface area contributed by atoms with E-state index in [1.807, 2.05) is 0 Å². The first-order valence-electron chi connectivity index (χ1n) is 7.83. The number of aryl methyl sites for hydroxylation is 1. The van der Waals surface area contributed by atoms with Gasteiger partial charge >= 0.3 is 5.97 Å². The lowest BCUT2D eigenvalue weighted by Gasteiger charge is -2.13. The number of aromatic nitrogens is 5. The summed E-state index contributed by atoms with van der Waals surface area (Å²) in [6.45, 7) is 3.37. The summed E-state index contributed by atoms with van der Waals surface area (Å²) in [5, 5.41) is 23.5. The number of benzene rings is 1. The van der Waals surface area contributed by atoms with Gasteiger partial charge in [0.25, 0.3) is 5.91 Å². The molecule has 0 aliphatic heterocycles. The van der Waals surface area contributed by atoms with Crippen molar-refractivity contribution in [3.8, 4) is 11.4 Å². The normalized spacial score (nSPS) is 11.8. The molecular formula is C16H16N6O4S. The number of ether oxygens (including phenoxy) is 1. The number of tetrazole rings is 1. The molecule has 27 heavy (non-hydrogen) atoms. The highest BCUT2D eigenvalue weighted by Crippen LogP contribution is 2.25. The number of carbonyl (C=O) groups is 2. The number of hydrogen-bond acceptors (Lipinski definition) is 8. The number of carboxylic acid groups (broad SMARTS) is 1. The maximum atomic E-state index is 12.6. The summed E-state index contributed by atoms with van der Waals surface area (Å²) in [5.74, 6) is -0.867. The smallest absolute Gasteiger partial charge is 0.347 e. The maximum absolute atomic E-state index is 12.6. The van der Waals surface area contributed by atoms with Crippen LogP contribution in [0.1, 0.15) is 43.7 Å². The molecule has 0 fully saturated rings. The second-order valence-electron chi connectivity index (χ2n) is 5.61. The van der Waals surface area contributed by atoms with Crippen molar-refractivity contribution in [2.24, 2.45) is 0 Å². The SMILES string of the molecule is COc1ccc(C(=O)NC(C)c2nc(C)c(C(=O)O)s2)cc1-n1cnnn1. The van der Waals surface area contributed by atoms with Crippen molar-refractivity contribution in [3.05, 3.63) is 45.7 Å². The third-order valence-corrected chi connectivity index (χ3v) is 5.09. The van der Waals surface area contributed by atoms with E-state index in [-0.39, 0.29) is 10.8 Å². The first kappa shape index (κ1) is 18.5. The molecule has 0 saturated heterocycles. The number of carboxylic acids is 1. The Hall–Kier alpha value is -3.34. The summed E-state index contributed by atoms with van der Waals surface area (Å²) in [6, 6.07) is 4.41. The molecule has 1 amide bonds. The van der Waals surface area contributed by atoms with Crippen LogP contribution in [-0.4, -0.2) is 49.3 Å². The van der Waals surface area contributed by atoms with Gasteiger partial charge in [-0.15, -0.1) is 16.4 Å². The zero-order valence-electron chi connectivity index (χ0n) is 14.7. The summed E-state index contributed by atoms with van der Waals surface area (Å²) >= 11 is 1.04. The Morgan fingerprint density at radius 3 is 2.74 bits per heavy atom. The molecule has 1 atom stereocenters. The van der Waals surface area contributed by atoms with Gasteiger partial charge in [0.15, 0.2) is 0 Å². The van der Waals surface area contributed by atoms with Crippen LogP contribution in [0.25, 0.3) is 5.69 Å². The lowest BCUT2D eigenvalue weighted by Crippen LogP contribution is -2.26. The predicted octanol–water partition coefficient (Wildman–Crippen LogP) is 1.63. The van der Waals surface area contributed by atoms with E-state index in [1.54, 1.807) is 32.0 Å². The van der Waals surface area contributed by atoms with Gasteiger partial charge in [0.2, 0.25) is 0 Å². The molecule has 3 rings (SSSR count). The Bertz CT molecular complexity index is 985. The van der Waals surface area contributed by atoms with Crippen LogP contribution in [0.3, 0.4) is 0 Å². The number of nitrogens with zero attached hydrogens (tertiary/aromatic N) is 5. The molecule has 0 spiro atoms. The minimum atomic E-state index is -1.03. The van der Waals surface area contributed by atoms with Gasteiger partial charge in [-0.2, -0.15) is 4.68 Å². The van der Waals surface area contributed by atoms with Crippen molar-refractivity contribution >= 4 is 23.2 Å². The minimum Gasteiger partial charge on any atom is -0.494 e. The molecule has 2 heterocycles. The van der Waals surface area contributed by atoms with Crippen molar-refractivity contribution < 1.29 is 19.4 Å². The Morgan fingerprint density at radius 2 is 2.15 bits per heavy atom. The molecule has 0 saturated carbocycles. The molecule has 2 aromatic heterocycles. The number of amides is 1. The second-order valence-corrected chi connectivity index (χ2v) is 6.64. The van der Waals surface area contributed by atoms with E-state index < -0.39 is 12.0 Å². The fourth-order valence-corrected chi connectivity index (χ4v) is 3.33. The van der Waals surface area contributed by atoms with E-state index >= 15 is 0 Å². The molecule has 0 aliphatic carbocycles. The second kappa shape index (κ2) is 7.50. The Kier molecular flexibility index (Phi) is 5.12. The van der Waals surface area contributed by atoms with Crippen molar-refractivity contribution in [3.63, 3.8) is 0 Å². The van der Waals surface area contributed by atoms with Crippen molar-refractivity contribution in [2.45, 2.75) is 19.9 Å². The molecule has 0 radical (unpaired) electrons. The number of hydrogen-bond donors (Lipinski definition) is 2. The molecule has 10 nitrogen and oxygen atoms in total. The van der Waals surface area contributed by atoms with Crippen LogP contribution in [0.15, 0.2) is 24.5 Å². The van der Waals surface area contributed by atoms with Gasteiger partial charge in [-0.3, -0.25) is 4.79 Å². The van der Waals surface area contributed by atoms with Crippen molar-refractivity contribution in [1.82, 2.24) is 30.5 Å². The van der Waals surface area contributed by atoms with Crippen LogP contribution in [0.5, 0.6) is 5.75 Å². The van der Waals surface area contributed by atoms with Gasteiger partial charge in [-0.25, -0.2) is 9.78 Å². The topological polar surface area (TPSA) is 132 Å². The number of rotatable bonds is 6. The zero-order valence-corrected chi connectivity index (χ0v) is 15.5. The molecule has 2 N–H and O–H groups in total. The van der Waals surface area contributed by atoms with E-state index in [2.05, 4.69) is 25.8 Å². The minimum absolute atomic E-state index is 0.163. The fourth-order valence-electron chi connectivity index (χ4n) is 2.42. The number of aromatic carboxylic acids is 1. The average Bonchev–Trinajstić information content (AvgIpc) is 3.30. The molecule has 11 heteroatoms. The van der Waals surface area contributed by atoms with Crippen LogP contribution in [0.2, 0.25) is 0 Å². The van der Waals surface area contributed by atoms with E-state index in [4.69, 9.17) is 9.84 Å². The van der Waals surface area contributed by atoms with Gasteiger partial charge in [-0.1, -0.05) is 0 Å². The molecule has 3 aromatic rings. The first-order chi connectivity index (χ1) is 12.9. The van der Waals surface area contributed by atoms with Crippen LogP contribution < -0.4 is 10.1 Å². The van der Waals surface area contributed by atoms with Crippen LogP contribution in [0.4, 0.5) is 0 Å². The van der Waals surface area contributed by atoms with Gasteiger partial charge in [0, 0.05) is 5.56 Å². The number of nitrogens with one attached hydrogen (secondary N) is 1. The summed E-state index contributed by atoms with van der Waals surface area (Å²) in [7, 11) is 1.51. The molecular weight excluding hydrogens is 372 g/mol. The largest absolute Gasteiger partial charge is 0.494 e. The summed E-state index contributed by atoms with van der Waals surface area (Å²) in [4.78, 5) is 28.2. The number of carbonyl (C=O) groups excluding carboxylic acids is 1. The lowest BCUT2D eigenvalue weighted by molar-refractivity contribution is 0.0701. The highest BCUT2D eigenvalue weighted by Gasteiger charge is 2.20. The highest BCUT2D eigenvalue weighted by molar-refractivity contribution is 7.13. The third-order valence-electron chi connectivity index (χ3n) is 3.76. The number of methoxy groups -OCH3 is 1. The van der Waals surface area contributed by atoms with Crippen molar-refractivity contribution in [2.75, 3.05) is 7.11 Å². The van der Waals surface area contributed by atoms with Gasteiger partial charge in [0.1, 0.15) is 27.6 Å². The molecule has 1 aromatic carbocycles. The molecule has 0 bridgehead atoms.